The maximum absolute atomic E-state index is 11.4. The maximum Gasteiger partial charge on any atom is 0.173 e. The molecule has 0 amide bonds. The molecule has 3 rings (SSSR count). The van der Waals surface area contributed by atoms with E-state index in [-0.39, 0.29) is 11.8 Å². The molecule has 0 bridgehead atoms. The maximum atomic E-state index is 11.4. The summed E-state index contributed by atoms with van der Waals surface area (Å²) >= 11 is 5.22. The summed E-state index contributed by atoms with van der Waals surface area (Å²) < 4.78 is 22.7. The number of nitrogens with one attached hydrogen (secondary N) is 2. The molecule has 0 saturated carbocycles. The molecule has 1 atom stereocenters. The van der Waals surface area contributed by atoms with Crippen LogP contribution >= 0.6 is 12.2 Å². The van der Waals surface area contributed by atoms with Crippen LogP contribution in [0.4, 0.5) is 5.69 Å². The topological polar surface area (TPSA) is 58.2 Å². The van der Waals surface area contributed by atoms with Gasteiger partial charge in [-0.1, -0.05) is 42.5 Å². The molecule has 6 heteroatoms. The molecule has 2 aromatic carbocycles. The Kier molecular flexibility index (Phi) is 4.45. The summed E-state index contributed by atoms with van der Waals surface area (Å²) in [6.45, 7) is 0. The van der Waals surface area contributed by atoms with Crippen LogP contribution < -0.4 is 10.6 Å². The fourth-order valence-corrected chi connectivity index (χ4v) is 3.88. The fourth-order valence-electron chi connectivity index (χ4n) is 2.38. The molecule has 2 N–H and O–H groups in total. The Morgan fingerprint density at radius 2 is 1.65 bits per heavy atom. The van der Waals surface area contributed by atoms with E-state index in [4.69, 9.17) is 12.2 Å². The van der Waals surface area contributed by atoms with Crippen molar-refractivity contribution in [1.29, 1.82) is 0 Å². The van der Waals surface area contributed by atoms with Gasteiger partial charge >= 0.3 is 0 Å². The molecule has 1 heterocycles. The summed E-state index contributed by atoms with van der Waals surface area (Å²) in [4.78, 5) is 0. The Morgan fingerprint density at radius 3 is 2.26 bits per heavy atom. The van der Waals surface area contributed by atoms with Crippen LogP contribution in [0, 0.1) is 0 Å². The van der Waals surface area contributed by atoms with Crippen molar-refractivity contribution in [2.45, 2.75) is 6.04 Å². The van der Waals surface area contributed by atoms with Gasteiger partial charge in [0.25, 0.3) is 0 Å². The van der Waals surface area contributed by atoms with Gasteiger partial charge < -0.3 is 10.6 Å². The number of anilines is 1. The molecule has 1 unspecified atom stereocenters. The predicted molar refractivity (Wildman–Crippen MR) is 97.9 cm³/mol. The smallest absolute Gasteiger partial charge is 0.173 e. The van der Waals surface area contributed by atoms with E-state index in [1.54, 1.807) is 6.08 Å². The number of benzene rings is 2. The molecular weight excluding hydrogens is 328 g/mol. The second kappa shape index (κ2) is 6.52. The monoisotopic (exact) mass is 344 g/mol. The molecule has 0 fully saturated rings. The first-order valence-electron chi connectivity index (χ1n) is 7.16. The first-order chi connectivity index (χ1) is 11.0. The molecule has 0 spiro atoms. The minimum atomic E-state index is -3.08. The molecule has 23 heavy (non-hydrogen) atoms. The molecule has 118 valence electrons. The van der Waals surface area contributed by atoms with Gasteiger partial charge in [0, 0.05) is 11.1 Å². The van der Waals surface area contributed by atoms with Crippen LogP contribution in [0.1, 0.15) is 0 Å². The molecule has 1 aliphatic heterocycles. The van der Waals surface area contributed by atoms with E-state index < -0.39 is 9.84 Å². The number of rotatable bonds is 3. The average Bonchev–Trinajstić information content (AvgIpc) is 2.87. The van der Waals surface area contributed by atoms with Crippen molar-refractivity contribution in [3.05, 3.63) is 66.1 Å². The summed E-state index contributed by atoms with van der Waals surface area (Å²) in [7, 11) is -3.08. The molecule has 2 aromatic rings. The number of sulfone groups is 1. The van der Waals surface area contributed by atoms with Gasteiger partial charge in [0.1, 0.15) is 0 Å². The van der Waals surface area contributed by atoms with Gasteiger partial charge in [-0.2, -0.15) is 0 Å². The summed E-state index contributed by atoms with van der Waals surface area (Å²) in [6, 6.07) is 17.7. The zero-order chi connectivity index (χ0) is 16.3. The SMILES string of the molecule is O=S1(=O)C=CC(NC(=S)Nc2ccc(-c3ccccc3)cc2)C1. The third-order valence-electron chi connectivity index (χ3n) is 3.50. The Bertz CT molecular complexity index is 829. The van der Waals surface area contributed by atoms with Gasteiger partial charge in [0.2, 0.25) is 0 Å². The third kappa shape index (κ3) is 4.18. The van der Waals surface area contributed by atoms with Crippen molar-refractivity contribution in [3.63, 3.8) is 0 Å². The number of hydrogen-bond donors (Lipinski definition) is 2. The van der Waals surface area contributed by atoms with E-state index >= 15 is 0 Å². The van der Waals surface area contributed by atoms with Crippen molar-refractivity contribution in [2.24, 2.45) is 0 Å². The fraction of sp³-hybridized carbons (Fsp3) is 0.118. The quantitative estimate of drug-likeness (QED) is 0.839. The van der Waals surface area contributed by atoms with Gasteiger partial charge in [-0.05, 0) is 41.6 Å². The van der Waals surface area contributed by atoms with E-state index in [1.807, 2.05) is 42.5 Å². The predicted octanol–water partition coefficient (Wildman–Crippen LogP) is 2.95. The highest BCUT2D eigenvalue weighted by Gasteiger charge is 2.21. The first kappa shape index (κ1) is 15.7. The van der Waals surface area contributed by atoms with E-state index in [0.29, 0.717) is 5.11 Å². The molecule has 4 nitrogen and oxygen atoms in total. The highest BCUT2D eigenvalue weighted by molar-refractivity contribution is 7.94. The lowest BCUT2D eigenvalue weighted by atomic mass is 10.1. The van der Waals surface area contributed by atoms with E-state index in [0.717, 1.165) is 16.8 Å². The number of hydrogen-bond acceptors (Lipinski definition) is 3. The van der Waals surface area contributed by atoms with Crippen LogP contribution in [0.15, 0.2) is 66.1 Å². The minimum absolute atomic E-state index is 0.0434. The van der Waals surface area contributed by atoms with Crippen molar-refractivity contribution in [2.75, 3.05) is 11.1 Å². The Labute approximate surface area is 141 Å². The van der Waals surface area contributed by atoms with Crippen LogP contribution in [0.3, 0.4) is 0 Å². The van der Waals surface area contributed by atoms with E-state index in [1.165, 1.54) is 5.41 Å². The van der Waals surface area contributed by atoms with Gasteiger partial charge in [-0.25, -0.2) is 8.42 Å². The average molecular weight is 344 g/mol. The van der Waals surface area contributed by atoms with Crippen LogP contribution in [-0.2, 0) is 9.84 Å². The van der Waals surface area contributed by atoms with Crippen LogP contribution in [0.25, 0.3) is 11.1 Å². The van der Waals surface area contributed by atoms with Gasteiger partial charge in [-0.3, -0.25) is 0 Å². The van der Waals surface area contributed by atoms with Crippen molar-refractivity contribution in [3.8, 4) is 11.1 Å². The highest BCUT2D eigenvalue weighted by Crippen LogP contribution is 2.21. The lowest BCUT2D eigenvalue weighted by Crippen LogP contribution is -2.38. The van der Waals surface area contributed by atoms with Gasteiger partial charge in [-0.15, -0.1) is 0 Å². The lowest BCUT2D eigenvalue weighted by molar-refractivity contribution is 0.603. The molecule has 0 aromatic heterocycles. The van der Waals surface area contributed by atoms with Crippen LogP contribution in [0.2, 0.25) is 0 Å². The van der Waals surface area contributed by atoms with Gasteiger partial charge in [0.05, 0.1) is 11.8 Å². The Morgan fingerprint density at radius 1 is 1.00 bits per heavy atom. The summed E-state index contributed by atoms with van der Waals surface area (Å²) in [5.41, 5.74) is 3.13. The summed E-state index contributed by atoms with van der Waals surface area (Å²) in [5.74, 6) is 0.0434. The largest absolute Gasteiger partial charge is 0.355 e. The summed E-state index contributed by atoms with van der Waals surface area (Å²) in [5, 5.41) is 7.68. The molecule has 1 aliphatic rings. The zero-order valence-electron chi connectivity index (χ0n) is 12.3. The summed E-state index contributed by atoms with van der Waals surface area (Å²) in [6.07, 6.45) is 1.61. The lowest BCUT2D eigenvalue weighted by Gasteiger charge is -2.14. The Balaban J connectivity index is 1.60. The van der Waals surface area contributed by atoms with Crippen molar-refractivity contribution in [1.82, 2.24) is 5.32 Å². The van der Waals surface area contributed by atoms with Crippen molar-refractivity contribution < 1.29 is 8.42 Å². The first-order valence-corrected chi connectivity index (χ1v) is 9.28. The third-order valence-corrected chi connectivity index (χ3v) is 5.11. The van der Waals surface area contributed by atoms with Gasteiger partial charge in [0.15, 0.2) is 14.9 Å². The second-order valence-electron chi connectivity index (χ2n) is 5.31. The van der Waals surface area contributed by atoms with E-state index in [2.05, 4.69) is 22.8 Å². The molecule has 0 aliphatic carbocycles. The Hall–Kier alpha value is -2.18. The molecule has 0 radical (unpaired) electrons. The molecule has 0 saturated heterocycles. The van der Waals surface area contributed by atoms with Crippen molar-refractivity contribution >= 4 is 32.9 Å². The zero-order valence-corrected chi connectivity index (χ0v) is 13.9. The minimum Gasteiger partial charge on any atom is -0.355 e. The normalized spacial score (nSPS) is 18.5. The standard InChI is InChI=1S/C17H16N2O2S2/c20-23(21)11-10-16(12-23)19-17(22)18-15-8-6-14(7-9-15)13-4-2-1-3-5-13/h1-11,16H,12H2,(H2,18,19,22). The van der Waals surface area contributed by atoms with E-state index in [9.17, 15) is 8.42 Å². The number of thiocarbonyl (C=S) groups is 1. The van der Waals surface area contributed by atoms with Crippen LogP contribution in [0.5, 0.6) is 0 Å². The second-order valence-corrected chi connectivity index (χ2v) is 7.65. The highest BCUT2D eigenvalue weighted by atomic mass is 32.2. The van der Waals surface area contributed by atoms with Crippen LogP contribution in [-0.4, -0.2) is 25.3 Å². The molecular formula is C17H16N2O2S2.